The second kappa shape index (κ2) is 13.8. The first-order chi connectivity index (χ1) is 32.3. The van der Waals surface area contributed by atoms with Gasteiger partial charge in [0.05, 0.1) is 22.1 Å². The lowest BCUT2D eigenvalue weighted by Crippen LogP contribution is -2.43. The van der Waals surface area contributed by atoms with E-state index in [1.165, 1.54) is 105 Å². The molecular weight excluding hydrogens is 785 g/mol. The molecule has 0 N–H and O–H groups in total. The number of nitrogens with zero attached hydrogens (tertiary/aromatic N) is 2. The summed E-state index contributed by atoms with van der Waals surface area (Å²) in [4.78, 5) is 2.45. The van der Waals surface area contributed by atoms with Crippen molar-refractivity contribution in [3.05, 3.63) is 265 Å². The Morgan fingerprint density at radius 1 is 0.308 bits per heavy atom. The van der Waals surface area contributed by atoms with Gasteiger partial charge in [0.2, 0.25) is 0 Å². The van der Waals surface area contributed by atoms with E-state index in [0.717, 1.165) is 17.1 Å². The molecule has 0 fully saturated rings. The van der Waals surface area contributed by atoms with Crippen LogP contribution in [0, 0.1) is 0 Å². The highest BCUT2D eigenvalue weighted by atomic mass is 15.1. The van der Waals surface area contributed by atoms with Crippen molar-refractivity contribution < 1.29 is 0 Å². The molecule has 65 heavy (non-hydrogen) atoms. The molecule has 0 bridgehead atoms. The van der Waals surface area contributed by atoms with Crippen molar-refractivity contribution in [2.24, 2.45) is 0 Å². The average molecular weight is 825 g/mol. The molecule has 2 heteroatoms. The van der Waals surface area contributed by atoms with Gasteiger partial charge in [0, 0.05) is 33.2 Å². The van der Waals surface area contributed by atoms with Crippen molar-refractivity contribution in [3.63, 3.8) is 0 Å². The van der Waals surface area contributed by atoms with Gasteiger partial charge in [-0.05, 0) is 132 Å². The molecule has 2 aliphatic carbocycles. The molecule has 2 nitrogen and oxygen atoms in total. The minimum atomic E-state index is -0.217. The number of para-hydroxylation sites is 1. The Labute approximate surface area is 377 Å². The summed E-state index contributed by atoms with van der Waals surface area (Å²) >= 11 is 0. The first kappa shape index (κ1) is 36.1. The van der Waals surface area contributed by atoms with Crippen LogP contribution in [0.1, 0.15) is 22.3 Å². The molecule has 0 saturated heterocycles. The highest BCUT2D eigenvalue weighted by molar-refractivity contribution is 6.16. The second-order valence-electron chi connectivity index (χ2n) is 17.6. The molecule has 1 atom stereocenters. The number of rotatable bonds is 7. The zero-order chi connectivity index (χ0) is 42.6. The smallest absolute Gasteiger partial charge is 0.0726 e. The minimum Gasteiger partial charge on any atom is -0.310 e. The number of fused-ring (bicyclic) bond motifs is 7. The summed E-state index contributed by atoms with van der Waals surface area (Å²) in [6.45, 7) is 0. The Kier molecular flexibility index (Phi) is 7.64. The molecule has 0 aliphatic heterocycles. The molecule has 0 amide bonds. The van der Waals surface area contributed by atoms with Gasteiger partial charge >= 0.3 is 0 Å². The quantitative estimate of drug-likeness (QED) is 0.155. The summed E-state index contributed by atoms with van der Waals surface area (Å²) in [5.74, 6) is 0. The first-order valence-corrected chi connectivity index (χ1v) is 22.6. The van der Waals surface area contributed by atoms with Gasteiger partial charge in [0.15, 0.2) is 0 Å². The van der Waals surface area contributed by atoms with E-state index in [-0.39, 0.29) is 5.41 Å². The zero-order valence-electron chi connectivity index (χ0n) is 35.5. The topological polar surface area (TPSA) is 8.17 Å². The van der Waals surface area contributed by atoms with Crippen LogP contribution in [-0.2, 0) is 5.41 Å². The summed E-state index contributed by atoms with van der Waals surface area (Å²) in [5, 5.41) is 7.87. The normalized spacial score (nSPS) is 14.5. The van der Waals surface area contributed by atoms with E-state index in [4.69, 9.17) is 0 Å². The third-order valence-electron chi connectivity index (χ3n) is 14.4. The molecule has 302 valence electrons. The maximum atomic E-state index is 2.45. The van der Waals surface area contributed by atoms with Crippen molar-refractivity contribution in [1.82, 2.24) is 4.57 Å². The average Bonchev–Trinajstić information content (AvgIpc) is 3.71. The van der Waals surface area contributed by atoms with Crippen LogP contribution in [0.5, 0.6) is 0 Å². The van der Waals surface area contributed by atoms with Gasteiger partial charge in [-0.15, -0.1) is 0 Å². The van der Waals surface area contributed by atoms with Crippen LogP contribution in [0.15, 0.2) is 243 Å². The van der Waals surface area contributed by atoms with E-state index in [1.807, 2.05) is 0 Å². The third kappa shape index (κ3) is 5.05. The van der Waals surface area contributed by atoms with Gasteiger partial charge in [-0.1, -0.05) is 182 Å². The molecule has 2 aliphatic rings. The van der Waals surface area contributed by atoms with Crippen LogP contribution in [0.4, 0.5) is 17.1 Å². The zero-order valence-corrected chi connectivity index (χ0v) is 35.5. The molecule has 11 aromatic carbocycles. The van der Waals surface area contributed by atoms with E-state index < -0.39 is 0 Å². The number of hydrogen-bond acceptors (Lipinski definition) is 1. The van der Waals surface area contributed by atoms with Crippen molar-refractivity contribution in [3.8, 4) is 39.1 Å². The Balaban J connectivity index is 0.904. The van der Waals surface area contributed by atoms with Crippen molar-refractivity contribution in [1.29, 1.82) is 0 Å². The Hall–Kier alpha value is -8.46. The summed E-state index contributed by atoms with van der Waals surface area (Å²) in [6, 6.07) is 89.4. The van der Waals surface area contributed by atoms with Gasteiger partial charge in [-0.3, -0.25) is 0 Å². The molecule has 12 aromatic rings. The fourth-order valence-corrected chi connectivity index (χ4v) is 11.5. The van der Waals surface area contributed by atoms with Gasteiger partial charge in [-0.2, -0.15) is 0 Å². The van der Waals surface area contributed by atoms with Crippen molar-refractivity contribution in [2.45, 2.75) is 5.41 Å². The molecule has 1 unspecified atom stereocenters. The molecule has 0 saturated carbocycles. The van der Waals surface area contributed by atoms with E-state index in [0.29, 0.717) is 0 Å². The van der Waals surface area contributed by atoms with Gasteiger partial charge in [0.25, 0.3) is 0 Å². The maximum Gasteiger partial charge on any atom is 0.0726 e. The Morgan fingerprint density at radius 3 is 1.49 bits per heavy atom. The summed E-state index contributed by atoms with van der Waals surface area (Å²) in [7, 11) is 0. The van der Waals surface area contributed by atoms with Gasteiger partial charge in [0.1, 0.15) is 0 Å². The SMILES string of the molecule is c1ccc(-c2ccc(N(c3ccc(-n4c5ccccc5c5cc(-c6ccccc6)ccc54)cc3)c3ccc4c5c(cccc35)C43c4cccc5c(-c6ccccc6)ccc3c45)cc2)cc1. The predicted molar refractivity (Wildman–Crippen MR) is 272 cm³/mol. The first-order valence-electron chi connectivity index (χ1n) is 22.6. The lowest BCUT2D eigenvalue weighted by atomic mass is 9.49. The lowest BCUT2D eigenvalue weighted by molar-refractivity contribution is 0.701. The monoisotopic (exact) mass is 824 g/mol. The van der Waals surface area contributed by atoms with Crippen LogP contribution in [0.25, 0.3) is 82.4 Å². The van der Waals surface area contributed by atoms with Gasteiger partial charge < -0.3 is 9.47 Å². The standard InChI is InChI=1S/C63H40N2/c1-4-14-41(15-5-1)43-26-29-46(30-27-43)64(47-31-33-48(34-32-47)65-58-25-11-10-20-50(58)53-40-45(28-38-60(53)65)42-16-6-2-7-17-42)59-39-37-57-62-52(59)22-13-24-55(62)63(57)54-23-12-21-51-49(35-36-56(63)61(51)54)44-18-8-3-9-19-44/h1-40H. The van der Waals surface area contributed by atoms with E-state index >= 15 is 0 Å². The number of benzene rings is 11. The molecular formula is C63H40N2. The van der Waals surface area contributed by atoms with Crippen molar-refractivity contribution in [2.75, 3.05) is 4.90 Å². The lowest BCUT2D eigenvalue weighted by Gasteiger charge is -2.52. The largest absolute Gasteiger partial charge is 0.310 e. The molecule has 1 spiro atoms. The molecule has 0 radical (unpaired) electrons. The number of anilines is 3. The minimum absolute atomic E-state index is 0.217. The highest BCUT2D eigenvalue weighted by Crippen LogP contribution is 2.66. The Bertz CT molecular complexity index is 3820. The second-order valence-corrected chi connectivity index (χ2v) is 17.6. The predicted octanol–water partition coefficient (Wildman–Crippen LogP) is 16.6. The van der Waals surface area contributed by atoms with Crippen LogP contribution >= 0.6 is 0 Å². The molecule has 14 rings (SSSR count). The van der Waals surface area contributed by atoms with E-state index in [9.17, 15) is 0 Å². The van der Waals surface area contributed by atoms with Crippen LogP contribution in [0.3, 0.4) is 0 Å². The Morgan fingerprint density at radius 2 is 0.800 bits per heavy atom. The molecule has 1 aromatic heterocycles. The van der Waals surface area contributed by atoms with Gasteiger partial charge in [-0.25, -0.2) is 0 Å². The van der Waals surface area contributed by atoms with E-state index in [1.54, 1.807) is 0 Å². The highest BCUT2D eigenvalue weighted by Gasteiger charge is 2.55. The third-order valence-corrected chi connectivity index (χ3v) is 14.4. The molecule has 1 heterocycles. The van der Waals surface area contributed by atoms with Crippen molar-refractivity contribution >= 4 is 60.4 Å². The number of hydrogen-bond donors (Lipinski definition) is 0. The van der Waals surface area contributed by atoms with E-state index in [2.05, 4.69) is 252 Å². The van der Waals surface area contributed by atoms with Crippen LogP contribution in [0.2, 0.25) is 0 Å². The maximum absolute atomic E-state index is 2.45. The van der Waals surface area contributed by atoms with Crippen LogP contribution < -0.4 is 4.90 Å². The fraction of sp³-hybridized carbons (Fsp3) is 0.0159. The fourth-order valence-electron chi connectivity index (χ4n) is 11.5. The summed E-state index contributed by atoms with van der Waals surface area (Å²) in [5.41, 5.74) is 19.7. The number of aromatic nitrogens is 1. The summed E-state index contributed by atoms with van der Waals surface area (Å²) in [6.07, 6.45) is 0. The van der Waals surface area contributed by atoms with Crippen LogP contribution in [-0.4, -0.2) is 4.57 Å². The summed E-state index contributed by atoms with van der Waals surface area (Å²) < 4.78 is 2.41.